The number of nitrogens with one attached hydrogen (secondary N) is 1. The van der Waals surface area contributed by atoms with Crippen LogP contribution in [0.3, 0.4) is 0 Å². The molecule has 0 bridgehead atoms. The first-order valence-electron chi connectivity index (χ1n) is 6.28. The summed E-state index contributed by atoms with van der Waals surface area (Å²) in [6.45, 7) is 4.86. The fraction of sp³-hybridized carbons (Fsp3) is 0.571. The van der Waals surface area contributed by atoms with Crippen molar-refractivity contribution in [2.45, 2.75) is 38.8 Å². The van der Waals surface area contributed by atoms with Crippen LogP contribution in [-0.2, 0) is 11.2 Å². The van der Waals surface area contributed by atoms with E-state index in [1.807, 2.05) is 6.92 Å². The van der Waals surface area contributed by atoms with E-state index in [2.05, 4.69) is 12.2 Å². The highest BCUT2D eigenvalue weighted by Gasteiger charge is 2.18. The highest BCUT2D eigenvalue weighted by Crippen LogP contribution is 2.14. The van der Waals surface area contributed by atoms with E-state index >= 15 is 0 Å². The summed E-state index contributed by atoms with van der Waals surface area (Å²) in [7, 11) is 1.63. The summed E-state index contributed by atoms with van der Waals surface area (Å²) >= 11 is 0. The van der Waals surface area contributed by atoms with E-state index in [4.69, 9.17) is 4.74 Å². The van der Waals surface area contributed by atoms with E-state index in [-0.39, 0.29) is 12.1 Å². The lowest BCUT2D eigenvalue weighted by atomic mass is 10.0. The average molecular weight is 257 g/mol. The van der Waals surface area contributed by atoms with Gasteiger partial charge in [0.1, 0.15) is 11.6 Å². The SMILES string of the molecule is CCCNC(Cc1ccc(F)cc1F)C(C)OC. The minimum atomic E-state index is -0.547. The number of halogens is 2. The summed E-state index contributed by atoms with van der Waals surface area (Å²) in [5.74, 6) is -1.05. The molecule has 0 aliphatic rings. The maximum atomic E-state index is 13.6. The van der Waals surface area contributed by atoms with Crippen LogP contribution in [0, 0.1) is 11.6 Å². The van der Waals surface area contributed by atoms with Crippen LogP contribution in [0.1, 0.15) is 25.8 Å². The fourth-order valence-electron chi connectivity index (χ4n) is 1.82. The first kappa shape index (κ1) is 15.1. The molecule has 0 heterocycles. The van der Waals surface area contributed by atoms with Crippen molar-refractivity contribution < 1.29 is 13.5 Å². The fourth-order valence-corrected chi connectivity index (χ4v) is 1.82. The van der Waals surface area contributed by atoms with Gasteiger partial charge in [-0.2, -0.15) is 0 Å². The molecule has 0 aliphatic heterocycles. The van der Waals surface area contributed by atoms with Crippen LogP contribution < -0.4 is 5.32 Å². The first-order valence-corrected chi connectivity index (χ1v) is 6.28. The Morgan fingerprint density at radius 3 is 2.61 bits per heavy atom. The number of benzene rings is 1. The summed E-state index contributed by atoms with van der Waals surface area (Å²) in [5, 5.41) is 3.33. The topological polar surface area (TPSA) is 21.3 Å². The van der Waals surface area contributed by atoms with Gasteiger partial charge in [0.25, 0.3) is 0 Å². The van der Waals surface area contributed by atoms with E-state index in [1.54, 1.807) is 7.11 Å². The van der Waals surface area contributed by atoms with Crippen molar-refractivity contribution in [2.24, 2.45) is 0 Å². The number of hydrogen-bond acceptors (Lipinski definition) is 2. The molecule has 1 rings (SSSR count). The van der Waals surface area contributed by atoms with Gasteiger partial charge < -0.3 is 10.1 Å². The van der Waals surface area contributed by atoms with Crippen molar-refractivity contribution in [1.29, 1.82) is 0 Å². The van der Waals surface area contributed by atoms with Crippen LogP contribution in [0.15, 0.2) is 18.2 Å². The van der Waals surface area contributed by atoms with Crippen molar-refractivity contribution in [3.63, 3.8) is 0 Å². The lowest BCUT2D eigenvalue weighted by molar-refractivity contribution is 0.0828. The minimum Gasteiger partial charge on any atom is -0.380 e. The molecular formula is C14H21F2NO. The number of rotatable bonds is 7. The zero-order chi connectivity index (χ0) is 13.5. The lowest BCUT2D eigenvalue weighted by Gasteiger charge is -2.24. The Kier molecular flexibility index (Phi) is 6.22. The van der Waals surface area contributed by atoms with Gasteiger partial charge in [-0.05, 0) is 37.9 Å². The van der Waals surface area contributed by atoms with Gasteiger partial charge in [0.15, 0.2) is 0 Å². The van der Waals surface area contributed by atoms with Crippen molar-refractivity contribution >= 4 is 0 Å². The standard InChI is InChI=1S/C14H21F2NO/c1-4-7-17-14(10(2)18-3)8-11-5-6-12(15)9-13(11)16/h5-6,9-10,14,17H,4,7-8H2,1-3H3. The van der Waals surface area contributed by atoms with Gasteiger partial charge in [0.05, 0.1) is 6.10 Å². The van der Waals surface area contributed by atoms with E-state index in [0.717, 1.165) is 19.0 Å². The summed E-state index contributed by atoms with van der Waals surface area (Å²) in [4.78, 5) is 0. The monoisotopic (exact) mass is 257 g/mol. The Balaban J connectivity index is 2.75. The van der Waals surface area contributed by atoms with Crippen molar-refractivity contribution in [1.82, 2.24) is 5.32 Å². The van der Waals surface area contributed by atoms with Gasteiger partial charge in [-0.15, -0.1) is 0 Å². The Labute approximate surface area is 107 Å². The predicted molar refractivity (Wildman–Crippen MR) is 68.6 cm³/mol. The quantitative estimate of drug-likeness (QED) is 0.811. The van der Waals surface area contributed by atoms with E-state index in [1.165, 1.54) is 12.1 Å². The molecule has 18 heavy (non-hydrogen) atoms. The van der Waals surface area contributed by atoms with Crippen LogP contribution in [-0.4, -0.2) is 25.8 Å². The molecule has 1 aromatic rings. The van der Waals surface area contributed by atoms with Crippen molar-refractivity contribution in [3.05, 3.63) is 35.4 Å². The molecule has 2 unspecified atom stereocenters. The van der Waals surface area contributed by atoms with Gasteiger partial charge in [-0.25, -0.2) is 8.78 Å². The number of methoxy groups -OCH3 is 1. The van der Waals surface area contributed by atoms with E-state index in [0.29, 0.717) is 12.0 Å². The molecule has 4 heteroatoms. The molecule has 0 radical (unpaired) electrons. The highest BCUT2D eigenvalue weighted by molar-refractivity contribution is 5.19. The second kappa shape index (κ2) is 7.44. The highest BCUT2D eigenvalue weighted by atomic mass is 19.1. The molecule has 0 saturated heterocycles. The van der Waals surface area contributed by atoms with Crippen LogP contribution in [0.2, 0.25) is 0 Å². The van der Waals surface area contributed by atoms with Crippen molar-refractivity contribution in [3.8, 4) is 0 Å². The van der Waals surface area contributed by atoms with Gasteiger partial charge >= 0.3 is 0 Å². The normalized spacial score (nSPS) is 14.5. The molecule has 0 saturated carbocycles. The second-order valence-corrected chi connectivity index (χ2v) is 4.44. The zero-order valence-electron chi connectivity index (χ0n) is 11.2. The molecule has 0 fully saturated rings. The molecular weight excluding hydrogens is 236 g/mol. The maximum absolute atomic E-state index is 13.6. The van der Waals surface area contributed by atoms with Gasteiger partial charge in [0.2, 0.25) is 0 Å². The average Bonchev–Trinajstić information content (AvgIpc) is 2.36. The zero-order valence-corrected chi connectivity index (χ0v) is 11.2. The molecule has 1 N–H and O–H groups in total. The third-order valence-electron chi connectivity index (χ3n) is 3.05. The third-order valence-corrected chi connectivity index (χ3v) is 3.05. The van der Waals surface area contributed by atoms with Crippen molar-refractivity contribution in [2.75, 3.05) is 13.7 Å². The Bertz CT molecular complexity index is 371. The smallest absolute Gasteiger partial charge is 0.129 e. The molecule has 2 atom stereocenters. The van der Waals surface area contributed by atoms with E-state index < -0.39 is 11.6 Å². The predicted octanol–water partition coefficient (Wildman–Crippen LogP) is 2.91. The molecule has 2 nitrogen and oxygen atoms in total. The lowest BCUT2D eigenvalue weighted by Crippen LogP contribution is -2.41. The van der Waals surface area contributed by atoms with Crippen LogP contribution in [0.25, 0.3) is 0 Å². The first-order chi connectivity index (χ1) is 8.58. The largest absolute Gasteiger partial charge is 0.380 e. The molecule has 0 aromatic heterocycles. The summed E-state index contributed by atoms with van der Waals surface area (Å²) in [6.07, 6.45) is 1.46. The molecule has 0 amide bonds. The molecule has 102 valence electrons. The van der Waals surface area contributed by atoms with Crippen LogP contribution >= 0.6 is 0 Å². The second-order valence-electron chi connectivity index (χ2n) is 4.44. The maximum Gasteiger partial charge on any atom is 0.129 e. The molecule has 1 aromatic carbocycles. The number of hydrogen-bond donors (Lipinski definition) is 1. The Morgan fingerprint density at radius 1 is 1.33 bits per heavy atom. The van der Waals surface area contributed by atoms with Gasteiger partial charge in [-0.3, -0.25) is 0 Å². The van der Waals surface area contributed by atoms with Crippen LogP contribution in [0.4, 0.5) is 8.78 Å². The Morgan fingerprint density at radius 2 is 2.06 bits per heavy atom. The molecule has 0 aliphatic carbocycles. The third kappa shape index (κ3) is 4.35. The summed E-state index contributed by atoms with van der Waals surface area (Å²) < 4.78 is 31.7. The molecule has 0 spiro atoms. The Hall–Kier alpha value is -1.00. The summed E-state index contributed by atoms with van der Waals surface area (Å²) in [5.41, 5.74) is 0.508. The summed E-state index contributed by atoms with van der Waals surface area (Å²) in [6, 6.07) is 3.72. The van der Waals surface area contributed by atoms with Gasteiger partial charge in [-0.1, -0.05) is 13.0 Å². The minimum absolute atomic E-state index is 0.0231. The van der Waals surface area contributed by atoms with E-state index in [9.17, 15) is 8.78 Å². The van der Waals surface area contributed by atoms with Crippen LogP contribution in [0.5, 0.6) is 0 Å². The van der Waals surface area contributed by atoms with Gasteiger partial charge in [0, 0.05) is 19.2 Å². The number of ether oxygens (including phenoxy) is 1.